The van der Waals surface area contributed by atoms with Gasteiger partial charge in [0, 0.05) is 16.3 Å². The van der Waals surface area contributed by atoms with Crippen LogP contribution < -0.4 is 5.32 Å². The molecule has 0 bridgehead atoms. The Morgan fingerprint density at radius 1 is 1.39 bits per heavy atom. The molecule has 0 aliphatic carbocycles. The van der Waals surface area contributed by atoms with Gasteiger partial charge in [0.05, 0.1) is 17.3 Å². The maximum atomic E-state index is 4.72. The van der Waals surface area contributed by atoms with E-state index in [9.17, 15) is 0 Å². The molecule has 0 saturated heterocycles. The van der Waals surface area contributed by atoms with Crippen LogP contribution in [0.1, 0.15) is 25.1 Å². The van der Waals surface area contributed by atoms with Crippen molar-refractivity contribution in [3.8, 4) is 11.8 Å². The molecule has 3 heteroatoms. The zero-order chi connectivity index (χ0) is 13.0. The van der Waals surface area contributed by atoms with Crippen molar-refractivity contribution in [3.63, 3.8) is 0 Å². The summed E-state index contributed by atoms with van der Waals surface area (Å²) in [5.41, 5.74) is 2.03. The molecule has 1 N–H and O–H groups in total. The van der Waals surface area contributed by atoms with Crippen LogP contribution in [0.15, 0.2) is 34.8 Å². The molecule has 2 aromatic rings. The fraction of sp³-hybridized carbons (Fsp3) is 0.267. The number of rotatable bonds is 3. The second-order valence-corrected chi connectivity index (χ2v) is 4.87. The Hall–Kier alpha value is -1.37. The van der Waals surface area contributed by atoms with Crippen LogP contribution in [0.4, 0.5) is 0 Å². The van der Waals surface area contributed by atoms with Crippen LogP contribution in [0, 0.1) is 11.8 Å². The summed E-state index contributed by atoms with van der Waals surface area (Å²) in [5, 5.41) is 4.41. The van der Waals surface area contributed by atoms with E-state index in [1.165, 1.54) is 0 Å². The predicted molar refractivity (Wildman–Crippen MR) is 79.3 cm³/mol. The van der Waals surface area contributed by atoms with E-state index in [0.29, 0.717) is 0 Å². The van der Waals surface area contributed by atoms with Crippen LogP contribution >= 0.6 is 15.9 Å². The van der Waals surface area contributed by atoms with Crippen LogP contribution in [-0.2, 0) is 0 Å². The first-order valence-electron chi connectivity index (χ1n) is 5.88. The van der Waals surface area contributed by atoms with Crippen LogP contribution in [0.25, 0.3) is 10.9 Å². The number of benzene rings is 1. The summed E-state index contributed by atoms with van der Waals surface area (Å²) >= 11 is 3.60. The summed E-state index contributed by atoms with van der Waals surface area (Å²) in [4.78, 5) is 4.72. The van der Waals surface area contributed by atoms with Gasteiger partial charge in [0.25, 0.3) is 0 Å². The largest absolute Gasteiger partial charge is 0.311 e. The van der Waals surface area contributed by atoms with Gasteiger partial charge in [-0.15, -0.1) is 11.8 Å². The van der Waals surface area contributed by atoms with Gasteiger partial charge in [-0.1, -0.05) is 18.2 Å². The number of aromatic nitrogens is 1. The first-order valence-corrected chi connectivity index (χ1v) is 6.67. The van der Waals surface area contributed by atoms with Crippen molar-refractivity contribution in [1.29, 1.82) is 0 Å². The molecule has 0 saturated carbocycles. The average molecular weight is 303 g/mol. The third-order valence-corrected chi connectivity index (χ3v) is 3.50. The molecule has 0 spiro atoms. The minimum atomic E-state index is 0.149. The van der Waals surface area contributed by atoms with Crippen molar-refractivity contribution in [3.05, 3.63) is 40.5 Å². The van der Waals surface area contributed by atoms with Gasteiger partial charge < -0.3 is 5.32 Å². The Bertz CT molecular complexity index is 611. The van der Waals surface area contributed by atoms with Crippen molar-refractivity contribution in [2.45, 2.75) is 19.4 Å². The first-order chi connectivity index (χ1) is 8.76. The van der Waals surface area contributed by atoms with Crippen LogP contribution in [0.3, 0.4) is 0 Å². The minimum absolute atomic E-state index is 0.149. The summed E-state index contributed by atoms with van der Waals surface area (Å²) in [6.45, 7) is 1.86. The highest BCUT2D eigenvalue weighted by atomic mass is 79.9. The molecule has 92 valence electrons. The molecule has 1 unspecified atom stereocenters. The van der Waals surface area contributed by atoms with E-state index in [-0.39, 0.29) is 6.04 Å². The monoisotopic (exact) mass is 302 g/mol. The van der Waals surface area contributed by atoms with Crippen molar-refractivity contribution in [2.24, 2.45) is 0 Å². The van der Waals surface area contributed by atoms with Gasteiger partial charge in [0.1, 0.15) is 0 Å². The van der Waals surface area contributed by atoms with Crippen LogP contribution in [-0.4, -0.2) is 12.0 Å². The lowest BCUT2D eigenvalue weighted by Gasteiger charge is -2.15. The highest BCUT2D eigenvalue weighted by molar-refractivity contribution is 9.10. The Labute approximate surface area is 116 Å². The van der Waals surface area contributed by atoms with Gasteiger partial charge in [-0.3, -0.25) is 0 Å². The predicted octanol–water partition coefficient (Wildman–Crippen LogP) is 3.67. The zero-order valence-corrected chi connectivity index (χ0v) is 12.1. The van der Waals surface area contributed by atoms with E-state index >= 15 is 0 Å². The molecular weight excluding hydrogens is 288 g/mol. The van der Waals surface area contributed by atoms with Gasteiger partial charge in [-0.25, -0.2) is 4.98 Å². The van der Waals surface area contributed by atoms with Gasteiger partial charge in [-0.2, -0.15) is 0 Å². The molecule has 1 aromatic heterocycles. The van der Waals surface area contributed by atoms with Gasteiger partial charge in [-0.05, 0) is 42.0 Å². The molecule has 1 aromatic carbocycles. The normalized spacial score (nSPS) is 11.9. The maximum absolute atomic E-state index is 4.72. The van der Waals surface area contributed by atoms with Crippen molar-refractivity contribution < 1.29 is 0 Å². The average Bonchev–Trinajstić information content (AvgIpc) is 2.40. The van der Waals surface area contributed by atoms with Crippen molar-refractivity contribution in [2.75, 3.05) is 7.05 Å². The molecule has 2 rings (SSSR count). The Morgan fingerprint density at radius 2 is 2.17 bits per heavy atom. The molecule has 0 aliphatic rings. The zero-order valence-electron chi connectivity index (χ0n) is 10.5. The molecule has 0 fully saturated rings. The molecular formula is C15H15BrN2. The van der Waals surface area contributed by atoms with E-state index < -0.39 is 0 Å². The Balaban J connectivity index is 2.47. The van der Waals surface area contributed by atoms with E-state index in [0.717, 1.165) is 27.5 Å². The maximum Gasteiger partial charge on any atom is 0.0732 e. The number of fused-ring (bicyclic) bond motifs is 1. The van der Waals surface area contributed by atoms with Gasteiger partial charge >= 0.3 is 0 Å². The van der Waals surface area contributed by atoms with E-state index in [1.807, 2.05) is 32.2 Å². The van der Waals surface area contributed by atoms with Crippen LogP contribution in [0.2, 0.25) is 0 Å². The van der Waals surface area contributed by atoms with Crippen LogP contribution in [0.5, 0.6) is 0 Å². The van der Waals surface area contributed by atoms with Gasteiger partial charge in [0.2, 0.25) is 0 Å². The molecule has 1 heterocycles. The Morgan fingerprint density at radius 3 is 2.89 bits per heavy atom. The number of hydrogen-bond acceptors (Lipinski definition) is 2. The minimum Gasteiger partial charge on any atom is -0.311 e. The Kier molecular flexibility index (Phi) is 4.35. The lowest BCUT2D eigenvalue weighted by molar-refractivity contribution is 0.593. The summed E-state index contributed by atoms with van der Waals surface area (Å²) < 4.78 is 1.03. The topological polar surface area (TPSA) is 24.9 Å². The van der Waals surface area contributed by atoms with E-state index in [1.54, 1.807) is 0 Å². The van der Waals surface area contributed by atoms with Crippen molar-refractivity contribution >= 4 is 26.8 Å². The van der Waals surface area contributed by atoms with E-state index in [4.69, 9.17) is 4.98 Å². The molecule has 0 radical (unpaired) electrons. The quantitative estimate of drug-likeness (QED) is 0.875. The molecule has 0 amide bonds. The number of pyridine rings is 1. The smallest absolute Gasteiger partial charge is 0.0732 e. The molecule has 0 aliphatic heterocycles. The lowest BCUT2D eigenvalue weighted by Crippen LogP contribution is -2.17. The fourth-order valence-corrected chi connectivity index (χ4v) is 2.50. The molecule has 1 atom stereocenters. The third-order valence-electron chi connectivity index (χ3n) is 2.87. The number of hydrogen-bond donors (Lipinski definition) is 1. The van der Waals surface area contributed by atoms with Crippen molar-refractivity contribution in [1.82, 2.24) is 10.3 Å². The SMILES string of the molecule is CC#CCC(NC)c1nc2ccccc2cc1Br. The number of para-hydroxylation sites is 1. The second kappa shape index (κ2) is 5.99. The van der Waals surface area contributed by atoms with Gasteiger partial charge in [0.15, 0.2) is 0 Å². The summed E-state index contributed by atoms with van der Waals surface area (Å²) in [7, 11) is 1.94. The highest BCUT2D eigenvalue weighted by Crippen LogP contribution is 2.27. The highest BCUT2D eigenvalue weighted by Gasteiger charge is 2.14. The lowest BCUT2D eigenvalue weighted by atomic mass is 10.1. The summed E-state index contributed by atoms with van der Waals surface area (Å²) in [6.07, 6.45) is 0.761. The third kappa shape index (κ3) is 2.72. The summed E-state index contributed by atoms with van der Waals surface area (Å²) in [6, 6.07) is 10.4. The number of nitrogens with zero attached hydrogens (tertiary/aromatic N) is 1. The molecule has 2 nitrogen and oxygen atoms in total. The first kappa shape index (κ1) is 13.1. The number of halogens is 1. The fourth-order valence-electron chi connectivity index (χ4n) is 1.89. The standard InChI is InChI=1S/C15H15BrN2/c1-3-4-8-14(17-2)15-12(16)10-11-7-5-6-9-13(11)18-15/h5-7,9-10,14,17H,8H2,1-2H3. The van der Waals surface area contributed by atoms with E-state index in [2.05, 4.69) is 45.2 Å². The summed E-state index contributed by atoms with van der Waals surface area (Å²) in [5.74, 6) is 6.03. The second-order valence-electron chi connectivity index (χ2n) is 4.02. The number of nitrogens with one attached hydrogen (secondary N) is 1. The molecule has 18 heavy (non-hydrogen) atoms.